The SMILES string of the molecule is CC(C)c1nn(-c2c(Cl)cc(Cl)cc2Cl)c2nc(Cc3ccc(NC(=O)CNC4CC4)cc3)[nH]c(=O)c12. The van der Waals surface area contributed by atoms with Gasteiger partial charge in [0, 0.05) is 23.2 Å². The lowest BCUT2D eigenvalue weighted by Crippen LogP contribution is -2.29. The van der Waals surface area contributed by atoms with Crippen LogP contribution in [-0.2, 0) is 11.2 Å². The summed E-state index contributed by atoms with van der Waals surface area (Å²) >= 11 is 19.1. The van der Waals surface area contributed by atoms with Gasteiger partial charge in [-0.2, -0.15) is 5.10 Å². The minimum absolute atomic E-state index is 0.0374. The Bertz CT molecular complexity index is 1520. The van der Waals surface area contributed by atoms with Gasteiger partial charge in [-0.15, -0.1) is 0 Å². The van der Waals surface area contributed by atoms with E-state index in [4.69, 9.17) is 39.8 Å². The lowest BCUT2D eigenvalue weighted by atomic mass is 10.1. The third-order valence-corrected chi connectivity index (χ3v) is 6.89. The highest BCUT2D eigenvalue weighted by atomic mass is 35.5. The molecule has 4 aromatic rings. The predicted octanol–water partition coefficient (Wildman–Crippen LogP) is 5.47. The zero-order chi connectivity index (χ0) is 26.3. The van der Waals surface area contributed by atoms with E-state index in [1.165, 1.54) is 4.68 Å². The molecule has 0 bridgehead atoms. The molecule has 192 valence electrons. The van der Waals surface area contributed by atoms with Crippen LogP contribution < -0.4 is 16.2 Å². The molecule has 1 aliphatic rings. The second-order valence-corrected chi connectivity index (χ2v) is 10.7. The highest BCUT2D eigenvalue weighted by Gasteiger charge is 2.23. The molecule has 0 spiro atoms. The first-order valence-corrected chi connectivity index (χ1v) is 13.1. The van der Waals surface area contributed by atoms with E-state index < -0.39 is 0 Å². The van der Waals surface area contributed by atoms with Gasteiger partial charge in [0.15, 0.2) is 5.65 Å². The number of carbonyl (C=O) groups is 1. The van der Waals surface area contributed by atoms with Crippen molar-refractivity contribution >= 4 is 57.4 Å². The number of anilines is 1. The minimum Gasteiger partial charge on any atom is -0.325 e. The average Bonchev–Trinajstić information content (AvgIpc) is 3.58. The van der Waals surface area contributed by atoms with E-state index in [-0.39, 0.29) is 17.4 Å². The van der Waals surface area contributed by atoms with E-state index in [2.05, 4.69) is 20.7 Å². The van der Waals surface area contributed by atoms with Crippen LogP contribution in [0.25, 0.3) is 16.7 Å². The first kappa shape index (κ1) is 25.7. The van der Waals surface area contributed by atoms with Crippen LogP contribution in [0.3, 0.4) is 0 Å². The molecule has 37 heavy (non-hydrogen) atoms. The number of amides is 1. The molecule has 1 aliphatic carbocycles. The number of carbonyl (C=O) groups excluding carboxylic acids is 1. The molecule has 1 fully saturated rings. The van der Waals surface area contributed by atoms with Gasteiger partial charge >= 0.3 is 0 Å². The van der Waals surface area contributed by atoms with E-state index in [1.54, 1.807) is 12.1 Å². The summed E-state index contributed by atoms with van der Waals surface area (Å²) in [6, 6.07) is 11.0. The smallest absolute Gasteiger partial charge is 0.262 e. The summed E-state index contributed by atoms with van der Waals surface area (Å²) in [7, 11) is 0. The van der Waals surface area contributed by atoms with Gasteiger partial charge in [-0.3, -0.25) is 9.59 Å². The van der Waals surface area contributed by atoms with Crippen molar-refractivity contribution in [3.63, 3.8) is 0 Å². The number of nitrogens with zero attached hydrogens (tertiary/aromatic N) is 3. The number of aromatic nitrogens is 4. The van der Waals surface area contributed by atoms with Gasteiger partial charge in [-0.1, -0.05) is 60.8 Å². The summed E-state index contributed by atoms with van der Waals surface area (Å²) in [5.41, 5.74) is 2.69. The van der Waals surface area contributed by atoms with Crippen molar-refractivity contribution in [2.24, 2.45) is 0 Å². The largest absolute Gasteiger partial charge is 0.325 e. The third-order valence-electron chi connectivity index (χ3n) is 6.09. The zero-order valence-corrected chi connectivity index (χ0v) is 22.5. The molecule has 0 atom stereocenters. The Morgan fingerprint density at radius 2 is 1.81 bits per heavy atom. The lowest BCUT2D eigenvalue weighted by Gasteiger charge is -2.10. The standard InChI is InChI=1S/C26H25Cl3N6O2/c1-13(2)23-22-25(35(34-23)24-18(28)10-15(27)11-19(24)29)32-20(33-26(22)37)9-14-3-5-17(6-4-14)31-21(36)12-30-16-7-8-16/h3-6,10-11,13,16,30H,7-9,12H2,1-2H3,(H,31,36)(H,32,33,37). The van der Waals surface area contributed by atoms with Gasteiger partial charge < -0.3 is 15.6 Å². The maximum atomic E-state index is 13.2. The van der Waals surface area contributed by atoms with Crippen LogP contribution in [0.5, 0.6) is 0 Å². The van der Waals surface area contributed by atoms with Crippen LogP contribution in [-0.4, -0.2) is 38.2 Å². The Morgan fingerprint density at radius 1 is 1.14 bits per heavy atom. The fraction of sp³-hybridized carbons (Fsp3) is 0.308. The number of fused-ring (bicyclic) bond motifs is 1. The van der Waals surface area contributed by atoms with Crippen LogP contribution in [0.2, 0.25) is 15.1 Å². The Hall–Kier alpha value is -2.91. The number of H-pyrrole nitrogens is 1. The number of nitrogens with one attached hydrogen (secondary N) is 3. The molecule has 0 saturated heterocycles. The van der Waals surface area contributed by atoms with Gasteiger partial charge in [-0.05, 0) is 48.6 Å². The van der Waals surface area contributed by atoms with Crippen LogP contribution in [0.15, 0.2) is 41.2 Å². The molecule has 2 aromatic heterocycles. The second kappa shape index (κ2) is 10.5. The number of rotatable bonds is 8. The third kappa shape index (κ3) is 5.67. The molecule has 2 heterocycles. The van der Waals surface area contributed by atoms with E-state index >= 15 is 0 Å². The number of aromatic amines is 1. The molecule has 8 nitrogen and oxygen atoms in total. The first-order chi connectivity index (χ1) is 17.7. The summed E-state index contributed by atoms with van der Waals surface area (Å²) < 4.78 is 1.51. The highest BCUT2D eigenvalue weighted by molar-refractivity contribution is 6.40. The summed E-state index contributed by atoms with van der Waals surface area (Å²) in [5, 5.41) is 12.1. The van der Waals surface area contributed by atoms with Crippen molar-refractivity contribution in [3.8, 4) is 5.69 Å². The Balaban J connectivity index is 1.45. The van der Waals surface area contributed by atoms with Gasteiger partial charge in [0.2, 0.25) is 5.91 Å². The van der Waals surface area contributed by atoms with Crippen molar-refractivity contribution in [2.75, 3.05) is 11.9 Å². The summed E-state index contributed by atoms with van der Waals surface area (Å²) in [6.07, 6.45) is 2.62. The monoisotopic (exact) mass is 558 g/mol. The Morgan fingerprint density at radius 3 is 2.43 bits per heavy atom. The lowest BCUT2D eigenvalue weighted by molar-refractivity contribution is -0.115. The fourth-order valence-electron chi connectivity index (χ4n) is 4.11. The first-order valence-electron chi connectivity index (χ1n) is 12.0. The average molecular weight is 560 g/mol. The van der Waals surface area contributed by atoms with Crippen molar-refractivity contribution in [3.05, 3.63) is 78.9 Å². The molecule has 0 aliphatic heterocycles. The number of hydrogen-bond acceptors (Lipinski definition) is 5. The molecule has 1 amide bonds. The number of hydrogen-bond donors (Lipinski definition) is 3. The molecule has 2 aromatic carbocycles. The maximum Gasteiger partial charge on any atom is 0.262 e. The number of benzene rings is 2. The summed E-state index contributed by atoms with van der Waals surface area (Å²) in [4.78, 5) is 32.9. The van der Waals surface area contributed by atoms with Crippen molar-refractivity contribution < 1.29 is 4.79 Å². The normalized spacial score (nSPS) is 13.5. The molecule has 0 unspecified atom stereocenters. The molecular formula is C26H25Cl3N6O2. The van der Waals surface area contributed by atoms with Crippen molar-refractivity contribution in [1.82, 2.24) is 25.1 Å². The second-order valence-electron chi connectivity index (χ2n) is 9.46. The molecule has 5 rings (SSSR count). The van der Waals surface area contributed by atoms with E-state index in [0.29, 0.717) is 68.0 Å². The van der Waals surface area contributed by atoms with Crippen molar-refractivity contribution in [1.29, 1.82) is 0 Å². The van der Waals surface area contributed by atoms with Gasteiger partial charge in [0.05, 0.1) is 22.3 Å². The predicted molar refractivity (Wildman–Crippen MR) is 148 cm³/mol. The van der Waals surface area contributed by atoms with E-state index in [1.807, 2.05) is 38.1 Å². The molecule has 11 heteroatoms. The van der Waals surface area contributed by atoms with Crippen LogP contribution >= 0.6 is 34.8 Å². The van der Waals surface area contributed by atoms with Crippen LogP contribution in [0, 0.1) is 0 Å². The van der Waals surface area contributed by atoms with Gasteiger partial charge in [0.1, 0.15) is 16.9 Å². The quantitative estimate of drug-likeness (QED) is 0.265. The summed E-state index contributed by atoms with van der Waals surface area (Å²) in [5.74, 6) is 0.343. The highest BCUT2D eigenvalue weighted by Crippen LogP contribution is 2.34. The van der Waals surface area contributed by atoms with Crippen LogP contribution in [0.4, 0.5) is 5.69 Å². The Kier molecular flexibility index (Phi) is 7.27. The molecule has 3 N–H and O–H groups in total. The molecular weight excluding hydrogens is 535 g/mol. The number of halogens is 3. The van der Waals surface area contributed by atoms with Crippen molar-refractivity contribution in [2.45, 2.75) is 45.1 Å². The minimum atomic E-state index is -0.289. The van der Waals surface area contributed by atoms with Gasteiger partial charge in [-0.25, -0.2) is 9.67 Å². The zero-order valence-electron chi connectivity index (χ0n) is 20.2. The fourth-order valence-corrected chi connectivity index (χ4v) is 5.08. The van der Waals surface area contributed by atoms with E-state index in [0.717, 1.165) is 18.4 Å². The topological polar surface area (TPSA) is 105 Å². The molecule has 1 saturated carbocycles. The summed E-state index contributed by atoms with van der Waals surface area (Å²) in [6.45, 7) is 4.20. The van der Waals surface area contributed by atoms with Crippen LogP contribution in [0.1, 0.15) is 49.7 Å². The maximum absolute atomic E-state index is 13.2. The van der Waals surface area contributed by atoms with Gasteiger partial charge in [0.25, 0.3) is 5.56 Å². The molecule has 0 radical (unpaired) electrons. The Labute approximate surface area is 228 Å². The van der Waals surface area contributed by atoms with E-state index in [9.17, 15) is 9.59 Å².